The van der Waals surface area contributed by atoms with E-state index in [2.05, 4.69) is 22.4 Å². The average molecular weight is 272 g/mol. The molecule has 18 heavy (non-hydrogen) atoms. The zero-order valence-electron chi connectivity index (χ0n) is 11.3. The van der Waals surface area contributed by atoms with E-state index in [1.54, 1.807) is 19.1 Å². The maximum atomic E-state index is 12.1. The van der Waals surface area contributed by atoms with E-state index in [1.807, 2.05) is 6.92 Å². The number of likely N-dealkylation sites (N-methyl/N-ethyl adjacent to an activating group) is 1. The van der Waals surface area contributed by atoms with Crippen molar-refractivity contribution in [1.82, 2.24) is 15.1 Å². The van der Waals surface area contributed by atoms with Crippen molar-refractivity contribution >= 4 is 22.4 Å². The first kappa shape index (κ1) is 14.8. The number of hydrogen-bond donors (Lipinski definition) is 1. The Balaban J connectivity index is 2.63. The second-order valence-corrected chi connectivity index (χ2v) is 5.04. The van der Waals surface area contributed by atoms with E-state index in [9.17, 15) is 4.79 Å². The first-order chi connectivity index (χ1) is 8.60. The first-order valence-electron chi connectivity index (χ1n) is 5.93. The highest BCUT2D eigenvalue weighted by molar-refractivity contribution is 7.17. The maximum Gasteiger partial charge on any atom is 0.284 e. The number of hydrogen-bond acceptors (Lipinski definition) is 6. The molecule has 6 nitrogen and oxygen atoms in total. The van der Waals surface area contributed by atoms with Crippen molar-refractivity contribution < 1.29 is 9.53 Å². The van der Waals surface area contributed by atoms with Crippen molar-refractivity contribution in [3.8, 4) is 0 Å². The summed E-state index contributed by atoms with van der Waals surface area (Å²) in [4.78, 5) is 13.7. The summed E-state index contributed by atoms with van der Waals surface area (Å²) < 4.78 is 5.03. The van der Waals surface area contributed by atoms with E-state index in [-0.39, 0.29) is 11.9 Å². The highest BCUT2D eigenvalue weighted by Crippen LogP contribution is 2.17. The molecule has 1 aromatic heterocycles. The Morgan fingerprint density at radius 2 is 2.28 bits per heavy atom. The third kappa shape index (κ3) is 3.92. The fraction of sp³-hybridized carbons (Fsp3) is 0.727. The number of rotatable bonds is 7. The molecule has 0 aliphatic carbocycles. The van der Waals surface area contributed by atoms with Crippen LogP contribution in [0.15, 0.2) is 0 Å². The third-order valence-corrected chi connectivity index (χ3v) is 3.39. The van der Waals surface area contributed by atoms with Gasteiger partial charge in [0.1, 0.15) is 0 Å². The minimum absolute atomic E-state index is 0.0125. The maximum absolute atomic E-state index is 12.1. The lowest BCUT2D eigenvalue weighted by Crippen LogP contribution is -2.37. The number of anilines is 1. The molecule has 1 unspecified atom stereocenters. The van der Waals surface area contributed by atoms with Crippen LogP contribution >= 0.6 is 11.3 Å². The molecule has 0 fully saturated rings. The van der Waals surface area contributed by atoms with Crippen LogP contribution in [0.4, 0.5) is 5.13 Å². The van der Waals surface area contributed by atoms with E-state index >= 15 is 0 Å². The van der Waals surface area contributed by atoms with Gasteiger partial charge in [0.15, 0.2) is 0 Å². The van der Waals surface area contributed by atoms with Crippen LogP contribution in [-0.2, 0) is 4.74 Å². The molecule has 1 N–H and O–H groups in total. The summed E-state index contributed by atoms with van der Waals surface area (Å²) in [6.07, 6.45) is 1.01. The van der Waals surface area contributed by atoms with Gasteiger partial charge in [-0.3, -0.25) is 4.79 Å². The molecule has 0 radical (unpaired) electrons. The van der Waals surface area contributed by atoms with Gasteiger partial charge in [0, 0.05) is 20.7 Å². The lowest BCUT2D eigenvalue weighted by molar-refractivity contribution is 0.0632. The molecule has 1 aromatic rings. The van der Waals surface area contributed by atoms with Crippen LogP contribution in [0, 0.1) is 0 Å². The molecule has 1 heterocycles. The van der Waals surface area contributed by atoms with E-state index < -0.39 is 0 Å². The predicted octanol–water partition coefficient (Wildman–Crippen LogP) is 1.47. The zero-order valence-corrected chi connectivity index (χ0v) is 12.1. The van der Waals surface area contributed by atoms with Gasteiger partial charge in [0.05, 0.1) is 12.6 Å². The monoisotopic (exact) mass is 272 g/mol. The van der Waals surface area contributed by atoms with Gasteiger partial charge in [-0.15, -0.1) is 10.2 Å². The normalized spacial score (nSPS) is 12.2. The molecule has 1 atom stereocenters. The summed E-state index contributed by atoms with van der Waals surface area (Å²) in [5, 5.41) is 12.1. The van der Waals surface area contributed by atoms with Gasteiger partial charge in [0.2, 0.25) is 10.1 Å². The Morgan fingerprint density at radius 1 is 1.56 bits per heavy atom. The zero-order chi connectivity index (χ0) is 13.5. The molecule has 0 spiro atoms. The Morgan fingerprint density at radius 3 is 2.89 bits per heavy atom. The Bertz CT molecular complexity index is 383. The fourth-order valence-corrected chi connectivity index (χ4v) is 2.07. The summed E-state index contributed by atoms with van der Waals surface area (Å²) >= 11 is 1.28. The predicted molar refractivity (Wildman–Crippen MR) is 72.1 cm³/mol. The van der Waals surface area contributed by atoms with Crippen molar-refractivity contribution in [3.63, 3.8) is 0 Å². The van der Waals surface area contributed by atoms with Crippen LogP contribution in [-0.4, -0.2) is 54.4 Å². The molecule has 0 saturated heterocycles. The molecule has 0 bridgehead atoms. The fourth-order valence-electron chi connectivity index (χ4n) is 1.32. The largest absolute Gasteiger partial charge is 0.383 e. The third-order valence-electron chi connectivity index (χ3n) is 2.52. The van der Waals surface area contributed by atoms with Gasteiger partial charge < -0.3 is 15.0 Å². The van der Waals surface area contributed by atoms with Gasteiger partial charge in [-0.05, 0) is 13.3 Å². The van der Waals surface area contributed by atoms with Gasteiger partial charge in [0.25, 0.3) is 5.91 Å². The molecule has 0 aliphatic rings. The van der Waals surface area contributed by atoms with Crippen molar-refractivity contribution in [2.45, 2.75) is 26.3 Å². The number of nitrogens with zero attached hydrogens (tertiary/aromatic N) is 3. The number of carbonyl (C=O) groups is 1. The summed E-state index contributed by atoms with van der Waals surface area (Å²) in [6, 6.07) is 0.0125. The average Bonchev–Trinajstić information content (AvgIpc) is 2.83. The van der Waals surface area contributed by atoms with Crippen LogP contribution in [0.25, 0.3) is 0 Å². The van der Waals surface area contributed by atoms with Crippen LogP contribution in [0.3, 0.4) is 0 Å². The van der Waals surface area contributed by atoms with Crippen LogP contribution < -0.4 is 5.32 Å². The SMILES string of the molecule is CCCNc1nnc(C(=O)N(C)C(C)COC)s1. The smallest absolute Gasteiger partial charge is 0.284 e. The minimum atomic E-state index is -0.124. The first-order valence-corrected chi connectivity index (χ1v) is 6.75. The van der Waals surface area contributed by atoms with Gasteiger partial charge in [-0.2, -0.15) is 0 Å². The Hall–Kier alpha value is -1.21. The topological polar surface area (TPSA) is 67.4 Å². The van der Waals surface area contributed by atoms with Crippen LogP contribution in [0.1, 0.15) is 30.1 Å². The standard InChI is InChI=1S/C11H20N4O2S/c1-5-6-12-11-14-13-9(18-11)10(16)15(3)8(2)7-17-4/h8H,5-7H2,1-4H3,(H,12,14). The molecular formula is C11H20N4O2S. The number of methoxy groups -OCH3 is 1. The van der Waals surface area contributed by atoms with Gasteiger partial charge in [-0.25, -0.2) is 0 Å². The molecule has 0 aromatic carbocycles. The van der Waals surface area contributed by atoms with Crippen LogP contribution in [0.5, 0.6) is 0 Å². The van der Waals surface area contributed by atoms with Crippen LogP contribution in [0.2, 0.25) is 0 Å². The minimum Gasteiger partial charge on any atom is -0.383 e. The molecule has 1 rings (SSSR count). The summed E-state index contributed by atoms with van der Waals surface area (Å²) in [7, 11) is 3.36. The lowest BCUT2D eigenvalue weighted by atomic mass is 10.3. The van der Waals surface area contributed by atoms with E-state index in [1.165, 1.54) is 11.3 Å². The quantitative estimate of drug-likeness (QED) is 0.814. The van der Waals surface area contributed by atoms with E-state index in [4.69, 9.17) is 4.74 Å². The number of carbonyl (C=O) groups excluding carboxylic acids is 1. The molecule has 1 amide bonds. The summed E-state index contributed by atoms with van der Waals surface area (Å²) in [6.45, 7) is 5.33. The highest BCUT2D eigenvalue weighted by Gasteiger charge is 2.21. The van der Waals surface area contributed by atoms with E-state index in [0.717, 1.165) is 13.0 Å². The number of nitrogens with one attached hydrogen (secondary N) is 1. The van der Waals surface area contributed by atoms with Crippen molar-refractivity contribution in [2.24, 2.45) is 0 Å². The summed E-state index contributed by atoms with van der Waals surface area (Å²) in [5.41, 5.74) is 0. The summed E-state index contributed by atoms with van der Waals surface area (Å²) in [5.74, 6) is -0.124. The second kappa shape index (κ2) is 7.27. The van der Waals surface area contributed by atoms with Crippen molar-refractivity contribution in [1.29, 1.82) is 0 Å². The second-order valence-electron chi connectivity index (χ2n) is 4.06. The van der Waals surface area contributed by atoms with Crippen molar-refractivity contribution in [2.75, 3.05) is 32.6 Å². The number of ether oxygens (including phenoxy) is 1. The Kier molecular flexibility index (Phi) is 6.00. The molecule has 0 saturated carbocycles. The number of aromatic nitrogens is 2. The van der Waals surface area contributed by atoms with Gasteiger partial charge in [-0.1, -0.05) is 18.3 Å². The van der Waals surface area contributed by atoms with Crippen molar-refractivity contribution in [3.05, 3.63) is 5.01 Å². The highest BCUT2D eigenvalue weighted by atomic mass is 32.1. The molecule has 7 heteroatoms. The number of amides is 1. The molecular weight excluding hydrogens is 252 g/mol. The molecule has 102 valence electrons. The van der Waals surface area contributed by atoms with E-state index in [0.29, 0.717) is 16.7 Å². The molecule has 0 aliphatic heterocycles. The Labute approximate surface area is 111 Å². The lowest BCUT2D eigenvalue weighted by Gasteiger charge is -2.22. The van der Waals surface area contributed by atoms with Gasteiger partial charge >= 0.3 is 0 Å².